The van der Waals surface area contributed by atoms with Gasteiger partial charge in [0.15, 0.2) is 0 Å². The third-order valence-electron chi connectivity index (χ3n) is 3.35. The Labute approximate surface area is 124 Å². The maximum atomic E-state index is 12.6. The molecule has 1 heterocycles. The molecule has 0 aromatic heterocycles. The Morgan fingerprint density at radius 1 is 1.48 bits per heavy atom. The average molecular weight is 313 g/mol. The molecule has 0 radical (unpaired) electrons. The van der Waals surface area contributed by atoms with Crippen LogP contribution in [0.15, 0.2) is 29.2 Å². The molecule has 0 spiro atoms. The number of morpholine rings is 1. The largest absolute Gasteiger partial charge is 0.469 e. The summed E-state index contributed by atoms with van der Waals surface area (Å²) in [5.74, 6) is -0.408. The molecule has 1 aromatic carbocycles. The van der Waals surface area contributed by atoms with Crippen molar-refractivity contribution in [1.82, 2.24) is 4.31 Å². The summed E-state index contributed by atoms with van der Waals surface area (Å²) in [6, 6.07) is 6.78. The number of nitrogens with zero attached hydrogens (tertiary/aromatic N) is 1. The predicted molar refractivity (Wildman–Crippen MR) is 76.3 cm³/mol. The number of benzene rings is 1. The smallest absolute Gasteiger partial charge is 0.308 e. The first-order valence-electron chi connectivity index (χ1n) is 6.68. The lowest BCUT2D eigenvalue weighted by Gasteiger charge is -2.31. The molecule has 1 unspecified atom stereocenters. The SMILES string of the molecule is COC(=O)CC1CN(S(=O)(=O)c2cccc(C)c2)CCO1. The Balaban J connectivity index is 2.15. The Hall–Kier alpha value is -1.44. The molecule has 2 rings (SSSR count). The van der Waals surface area contributed by atoms with E-state index >= 15 is 0 Å². The van der Waals surface area contributed by atoms with Gasteiger partial charge in [-0.25, -0.2) is 8.42 Å². The number of sulfonamides is 1. The number of hydrogen-bond donors (Lipinski definition) is 0. The zero-order chi connectivity index (χ0) is 15.5. The van der Waals surface area contributed by atoms with Crippen LogP contribution in [0.3, 0.4) is 0 Å². The van der Waals surface area contributed by atoms with Gasteiger partial charge in [0, 0.05) is 13.1 Å². The fourth-order valence-corrected chi connectivity index (χ4v) is 3.79. The second-order valence-corrected chi connectivity index (χ2v) is 6.89. The van der Waals surface area contributed by atoms with Gasteiger partial charge in [0.2, 0.25) is 10.0 Å². The highest BCUT2D eigenvalue weighted by Crippen LogP contribution is 2.20. The van der Waals surface area contributed by atoms with Crippen molar-refractivity contribution < 1.29 is 22.7 Å². The van der Waals surface area contributed by atoms with E-state index in [4.69, 9.17) is 4.74 Å². The van der Waals surface area contributed by atoms with Crippen LogP contribution in [0.25, 0.3) is 0 Å². The second kappa shape index (κ2) is 6.55. The third kappa shape index (κ3) is 3.81. The van der Waals surface area contributed by atoms with Gasteiger partial charge in [-0.05, 0) is 24.6 Å². The minimum atomic E-state index is -3.56. The molecule has 0 saturated carbocycles. The molecule has 116 valence electrons. The zero-order valence-corrected chi connectivity index (χ0v) is 12.9. The summed E-state index contributed by atoms with van der Waals surface area (Å²) in [6.07, 6.45) is -0.415. The van der Waals surface area contributed by atoms with Crippen molar-refractivity contribution >= 4 is 16.0 Å². The lowest BCUT2D eigenvalue weighted by atomic mass is 10.2. The average Bonchev–Trinajstić information content (AvgIpc) is 2.47. The minimum Gasteiger partial charge on any atom is -0.469 e. The molecule has 1 saturated heterocycles. The van der Waals surface area contributed by atoms with Crippen LogP contribution >= 0.6 is 0 Å². The first-order valence-corrected chi connectivity index (χ1v) is 8.12. The first kappa shape index (κ1) is 15.9. The standard InChI is InChI=1S/C14H19NO5S/c1-11-4-3-5-13(8-11)21(17,18)15-6-7-20-12(10-15)9-14(16)19-2/h3-5,8,12H,6-7,9-10H2,1-2H3. The molecule has 1 atom stereocenters. The van der Waals surface area contributed by atoms with E-state index in [1.807, 2.05) is 13.0 Å². The van der Waals surface area contributed by atoms with Crippen LogP contribution in [-0.2, 0) is 24.3 Å². The summed E-state index contributed by atoms with van der Waals surface area (Å²) < 4.78 is 36.6. The fourth-order valence-electron chi connectivity index (χ4n) is 2.23. The molecule has 1 aliphatic heterocycles. The number of carbonyl (C=O) groups is 1. The number of ether oxygens (including phenoxy) is 2. The van der Waals surface area contributed by atoms with Crippen LogP contribution in [0, 0.1) is 6.92 Å². The molecule has 0 aliphatic carbocycles. The van der Waals surface area contributed by atoms with E-state index in [9.17, 15) is 13.2 Å². The van der Waals surface area contributed by atoms with E-state index in [2.05, 4.69) is 4.74 Å². The molecule has 6 nitrogen and oxygen atoms in total. The molecule has 21 heavy (non-hydrogen) atoms. The highest BCUT2D eigenvalue weighted by Gasteiger charge is 2.31. The van der Waals surface area contributed by atoms with Crippen LogP contribution in [0.5, 0.6) is 0 Å². The highest BCUT2D eigenvalue weighted by atomic mass is 32.2. The maximum absolute atomic E-state index is 12.6. The summed E-state index contributed by atoms with van der Waals surface area (Å²) in [5, 5.41) is 0. The molecular formula is C14H19NO5S. The monoisotopic (exact) mass is 313 g/mol. The van der Waals surface area contributed by atoms with E-state index in [0.717, 1.165) is 5.56 Å². The van der Waals surface area contributed by atoms with E-state index in [0.29, 0.717) is 0 Å². The van der Waals surface area contributed by atoms with Crippen LogP contribution in [0.1, 0.15) is 12.0 Å². The number of esters is 1. The van der Waals surface area contributed by atoms with Gasteiger partial charge in [0.1, 0.15) is 0 Å². The highest BCUT2D eigenvalue weighted by molar-refractivity contribution is 7.89. The van der Waals surface area contributed by atoms with Crippen molar-refractivity contribution in [3.63, 3.8) is 0 Å². The Bertz CT molecular complexity index is 614. The molecule has 7 heteroatoms. The fraction of sp³-hybridized carbons (Fsp3) is 0.500. The Morgan fingerprint density at radius 2 is 2.24 bits per heavy atom. The lowest BCUT2D eigenvalue weighted by Crippen LogP contribution is -2.46. The van der Waals surface area contributed by atoms with Gasteiger partial charge in [-0.2, -0.15) is 4.31 Å². The quantitative estimate of drug-likeness (QED) is 0.774. The molecular weight excluding hydrogens is 294 g/mol. The van der Waals surface area contributed by atoms with Gasteiger partial charge in [0.25, 0.3) is 0 Å². The summed E-state index contributed by atoms with van der Waals surface area (Å²) in [6.45, 7) is 2.56. The van der Waals surface area contributed by atoms with Crippen molar-refractivity contribution in [3.8, 4) is 0 Å². The zero-order valence-electron chi connectivity index (χ0n) is 12.1. The minimum absolute atomic E-state index is 0.0519. The number of hydrogen-bond acceptors (Lipinski definition) is 5. The summed E-state index contributed by atoms with van der Waals surface area (Å²) in [4.78, 5) is 11.5. The van der Waals surface area contributed by atoms with E-state index in [-0.39, 0.29) is 31.0 Å². The summed E-state index contributed by atoms with van der Waals surface area (Å²) in [7, 11) is -2.26. The second-order valence-electron chi connectivity index (χ2n) is 4.95. The molecule has 1 aliphatic rings. The normalized spacial score (nSPS) is 20.2. The Morgan fingerprint density at radius 3 is 2.90 bits per heavy atom. The van der Waals surface area contributed by atoms with Crippen molar-refractivity contribution in [2.45, 2.75) is 24.3 Å². The van der Waals surface area contributed by atoms with Crippen molar-refractivity contribution in [3.05, 3.63) is 29.8 Å². The molecule has 0 N–H and O–H groups in total. The number of methoxy groups -OCH3 is 1. The van der Waals surface area contributed by atoms with Crippen LogP contribution in [-0.4, -0.2) is 51.6 Å². The van der Waals surface area contributed by atoms with Gasteiger partial charge >= 0.3 is 5.97 Å². The van der Waals surface area contributed by atoms with Crippen LogP contribution in [0.2, 0.25) is 0 Å². The Kier molecular flexibility index (Phi) is 4.97. The van der Waals surface area contributed by atoms with Crippen LogP contribution in [0.4, 0.5) is 0 Å². The summed E-state index contributed by atoms with van der Waals surface area (Å²) in [5.41, 5.74) is 0.885. The molecule has 1 fully saturated rings. The maximum Gasteiger partial charge on any atom is 0.308 e. The van der Waals surface area contributed by atoms with Gasteiger partial charge in [0.05, 0.1) is 31.1 Å². The van der Waals surface area contributed by atoms with Gasteiger partial charge in [-0.15, -0.1) is 0 Å². The van der Waals surface area contributed by atoms with Crippen molar-refractivity contribution in [1.29, 1.82) is 0 Å². The van der Waals surface area contributed by atoms with Gasteiger partial charge in [-0.1, -0.05) is 12.1 Å². The predicted octanol–water partition coefficient (Wildman–Crippen LogP) is 0.948. The third-order valence-corrected chi connectivity index (χ3v) is 5.21. The van der Waals surface area contributed by atoms with Crippen molar-refractivity contribution in [2.75, 3.05) is 26.8 Å². The first-order chi connectivity index (χ1) is 9.93. The van der Waals surface area contributed by atoms with E-state index < -0.39 is 22.1 Å². The lowest BCUT2D eigenvalue weighted by molar-refractivity contribution is -0.145. The molecule has 0 amide bonds. The number of aryl methyl sites for hydroxylation is 1. The van der Waals surface area contributed by atoms with Crippen LogP contribution < -0.4 is 0 Å². The number of rotatable bonds is 4. The van der Waals surface area contributed by atoms with E-state index in [1.165, 1.54) is 11.4 Å². The van der Waals surface area contributed by atoms with Crippen molar-refractivity contribution in [2.24, 2.45) is 0 Å². The van der Waals surface area contributed by atoms with Gasteiger partial charge < -0.3 is 9.47 Å². The molecule has 1 aromatic rings. The molecule has 0 bridgehead atoms. The topological polar surface area (TPSA) is 72.9 Å². The number of carbonyl (C=O) groups excluding carboxylic acids is 1. The van der Waals surface area contributed by atoms with Gasteiger partial charge in [-0.3, -0.25) is 4.79 Å². The summed E-state index contributed by atoms with van der Waals surface area (Å²) >= 11 is 0. The van der Waals surface area contributed by atoms with E-state index in [1.54, 1.807) is 18.2 Å².